The van der Waals surface area contributed by atoms with Crippen molar-refractivity contribution in [2.75, 3.05) is 20.2 Å². The Morgan fingerprint density at radius 2 is 1.96 bits per heavy atom. The first-order chi connectivity index (χ1) is 13.6. The van der Waals surface area contributed by atoms with Crippen molar-refractivity contribution >= 4 is 0 Å². The molecule has 0 saturated carbocycles. The first-order valence-electron chi connectivity index (χ1n) is 9.60. The number of pyridine rings is 1. The predicted molar refractivity (Wildman–Crippen MR) is 105 cm³/mol. The van der Waals surface area contributed by atoms with Crippen LogP contribution in [-0.4, -0.2) is 45.2 Å². The standard InChI is InChI=1S/C21H25N5O2/c1-14-20(15(2)28-25-14)17-6-7-19(22-11-17)18-5-4-8-26(13-18)12-16-9-23-21(27-3)24-10-16/h6-7,9-11,18H,4-5,8,12-13H2,1-3H3/t18-/m0/s1. The summed E-state index contributed by atoms with van der Waals surface area (Å²) in [5, 5.41) is 4.04. The van der Waals surface area contributed by atoms with Gasteiger partial charge in [0, 0.05) is 60.0 Å². The third-order valence-electron chi connectivity index (χ3n) is 5.30. The van der Waals surface area contributed by atoms with Crippen LogP contribution in [-0.2, 0) is 6.54 Å². The first kappa shape index (κ1) is 18.6. The van der Waals surface area contributed by atoms with E-state index in [4.69, 9.17) is 14.2 Å². The van der Waals surface area contributed by atoms with Gasteiger partial charge in [-0.3, -0.25) is 9.88 Å². The highest BCUT2D eigenvalue weighted by Gasteiger charge is 2.23. The summed E-state index contributed by atoms with van der Waals surface area (Å²) >= 11 is 0. The van der Waals surface area contributed by atoms with Crippen LogP contribution in [0.4, 0.5) is 0 Å². The van der Waals surface area contributed by atoms with Gasteiger partial charge in [0.25, 0.3) is 0 Å². The minimum Gasteiger partial charge on any atom is -0.467 e. The Hall–Kier alpha value is -2.80. The maximum Gasteiger partial charge on any atom is 0.316 e. The lowest BCUT2D eigenvalue weighted by Crippen LogP contribution is -2.34. The lowest BCUT2D eigenvalue weighted by molar-refractivity contribution is 0.198. The quantitative estimate of drug-likeness (QED) is 0.671. The van der Waals surface area contributed by atoms with Crippen LogP contribution >= 0.6 is 0 Å². The van der Waals surface area contributed by atoms with E-state index in [9.17, 15) is 0 Å². The molecular weight excluding hydrogens is 354 g/mol. The molecule has 3 aromatic rings. The van der Waals surface area contributed by atoms with Gasteiger partial charge in [-0.15, -0.1) is 0 Å². The van der Waals surface area contributed by atoms with Gasteiger partial charge in [0.15, 0.2) is 0 Å². The van der Waals surface area contributed by atoms with Crippen molar-refractivity contribution < 1.29 is 9.26 Å². The van der Waals surface area contributed by atoms with E-state index in [0.717, 1.165) is 66.3 Å². The van der Waals surface area contributed by atoms with E-state index < -0.39 is 0 Å². The molecule has 0 aliphatic carbocycles. The summed E-state index contributed by atoms with van der Waals surface area (Å²) in [5.74, 6) is 1.27. The zero-order valence-corrected chi connectivity index (χ0v) is 16.6. The molecule has 0 radical (unpaired) electrons. The lowest BCUT2D eigenvalue weighted by atomic mass is 9.93. The molecular formula is C21H25N5O2. The van der Waals surface area contributed by atoms with Gasteiger partial charge >= 0.3 is 6.01 Å². The fraction of sp³-hybridized carbons (Fsp3) is 0.429. The number of hydrogen-bond acceptors (Lipinski definition) is 7. The minimum atomic E-state index is 0.405. The Balaban J connectivity index is 1.44. The molecule has 7 nitrogen and oxygen atoms in total. The summed E-state index contributed by atoms with van der Waals surface area (Å²) in [5.41, 5.74) is 5.25. The summed E-state index contributed by atoms with van der Waals surface area (Å²) in [4.78, 5) is 15.6. The molecule has 0 N–H and O–H groups in total. The molecule has 0 aromatic carbocycles. The lowest BCUT2D eigenvalue weighted by Gasteiger charge is -2.32. The van der Waals surface area contributed by atoms with Gasteiger partial charge in [0.2, 0.25) is 0 Å². The van der Waals surface area contributed by atoms with E-state index in [2.05, 4.69) is 32.2 Å². The van der Waals surface area contributed by atoms with Crippen LogP contribution in [0.1, 0.15) is 41.5 Å². The summed E-state index contributed by atoms with van der Waals surface area (Å²) in [6.07, 6.45) is 7.94. The van der Waals surface area contributed by atoms with Crippen molar-refractivity contribution in [3.8, 4) is 17.1 Å². The van der Waals surface area contributed by atoms with Crippen LogP contribution in [0, 0.1) is 13.8 Å². The highest BCUT2D eigenvalue weighted by Crippen LogP contribution is 2.30. The monoisotopic (exact) mass is 379 g/mol. The van der Waals surface area contributed by atoms with E-state index in [-0.39, 0.29) is 0 Å². The average Bonchev–Trinajstić information content (AvgIpc) is 3.07. The van der Waals surface area contributed by atoms with E-state index in [1.54, 1.807) is 7.11 Å². The van der Waals surface area contributed by atoms with Crippen LogP contribution in [0.15, 0.2) is 35.2 Å². The van der Waals surface area contributed by atoms with E-state index in [0.29, 0.717) is 11.9 Å². The molecule has 0 amide bonds. The van der Waals surface area contributed by atoms with E-state index in [1.807, 2.05) is 32.4 Å². The van der Waals surface area contributed by atoms with Crippen LogP contribution < -0.4 is 4.74 Å². The van der Waals surface area contributed by atoms with Crippen LogP contribution in [0.2, 0.25) is 0 Å². The fourth-order valence-electron chi connectivity index (χ4n) is 3.92. The summed E-state index contributed by atoms with van der Waals surface area (Å²) < 4.78 is 10.3. The smallest absolute Gasteiger partial charge is 0.316 e. The summed E-state index contributed by atoms with van der Waals surface area (Å²) in [6, 6.07) is 4.68. The molecule has 7 heteroatoms. The number of ether oxygens (including phenoxy) is 1. The number of nitrogens with zero attached hydrogens (tertiary/aromatic N) is 5. The molecule has 1 aliphatic rings. The number of aromatic nitrogens is 4. The van der Waals surface area contributed by atoms with Crippen molar-refractivity contribution in [3.05, 3.63) is 53.4 Å². The molecule has 28 heavy (non-hydrogen) atoms. The van der Waals surface area contributed by atoms with Crippen molar-refractivity contribution in [2.45, 2.75) is 39.2 Å². The highest BCUT2D eigenvalue weighted by molar-refractivity contribution is 5.66. The molecule has 4 heterocycles. The van der Waals surface area contributed by atoms with Crippen molar-refractivity contribution in [1.82, 2.24) is 25.0 Å². The van der Waals surface area contributed by atoms with E-state index >= 15 is 0 Å². The normalized spacial score (nSPS) is 17.6. The Morgan fingerprint density at radius 3 is 2.61 bits per heavy atom. The number of hydrogen-bond donors (Lipinski definition) is 0. The molecule has 0 spiro atoms. The summed E-state index contributed by atoms with van der Waals surface area (Å²) in [7, 11) is 1.58. The Bertz CT molecular complexity index is 901. The molecule has 1 atom stereocenters. The third-order valence-corrected chi connectivity index (χ3v) is 5.30. The zero-order chi connectivity index (χ0) is 19.5. The molecule has 1 saturated heterocycles. The highest BCUT2D eigenvalue weighted by atomic mass is 16.5. The van der Waals surface area contributed by atoms with Gasteiger partial charge in [-0.1, -0.05) is 11.2 Å². The van der Waals surface area contributed by atoms with Crippen molar-refractivity contribution in [3.63, 3.8) is 0 Å². The first-order valence-corrected chi connectivity index (χ1v) is 9.60. The summed E-state index contributed by atoms with van der Waals surface area (Å²) in [6.45, 7) is 6.81. The van der Waals surface area contributed by atoms with Gasteiger partial charge in [0.05, 0.1) is 12.8 Å². The molecule has 146 valence electrons. The number of aryl methyl sites for hydroxylation is 2. The third kappa shape index (κ3) is 3.89. The number of rotatable bonds is 5. The minimum absolute atomic E-state index is 0.405. The van der Waals surface area contributed by atoms with Crippen LogP contribution in [0.5, 0.6) is 6.01 Å². The molecule has 4 rings (SSSR count). The Labute approximate surface area is 164 Å². The van der Waals surface area contributed by atoms with Gasteiger partial charge in [-0.25, -0.2) is 9.97 Å². The maximum absolute atomic E-state index is 5.28. The van der Waals surface area contributed by atoms with Gasteiger partial charge in [-0.05, 0) is 39.3 Å². The topological polar surface area (TPSA) is 77.2 Å². The second kappa shape index (κ2) is 8.06. The average molecular weight is 379 g/mol. The second-order valence-electron chi connectivity index (χ2n) is 7.32. The van der Waals surface area contributed by atoms with Crippen molar-refractivity contribution in [2.24, 2.45) is 0 Å². The van der Waals surface area contributed by atoms with Gasteiger partial charge in [-0.2, -0.15) is 0 Å². The van der Waals surface area contributed by atoms with Crippen LogP contribution in [0.3, 0.4) is 0 Å². The van der Waals surface area contributed by atoms with Crippen molar-refractivity contribution in [1.29, 1.82) is 0 Å². The second-order valence-corrected chi connectivity index (χ2v) is 7.32. The molecule has 0 unspecified atom stereocenters. The molecule has 1 aliphatic heterocycles. The largest absolute Gasteiger partial charge is 0.467 e. The SMILES string of the molecule is COc1ncc(CN2CCC[C@H](c3ccc(-c4c(C)noc4C)cn3)C2)cn1. The van der Waals surface area contributed by atoms with E-state index in [1.165, 1.54) is 0 Å². The number of piperidine rings is 1. The predicted octanol–water partition coefficient (Wildman–Crippen LogP) is 3.53. The number of methoxy groups -OCH3 is 1. The Morgan fingerprint density at radius 1 is 1.14 bits per heavy atom. The Kier molecular flexibility index (Phi) is 5.34. The van der Waals surface area contributed by atoms with Crippen LogP contribution in [0.25, 0.3) is 11.1 Å². The maximum atomic E-state index is 5.28. The van der Waals surface area contributed by atoms with Gasteiger partial charge < -0.3 is 9.26 Å². The molecule has 1 fully saturated rings. The van der Waals surface area contributed by atoms with Gasteiger partial charge in [0.1, 0.15) is 5.76 Å². The molecule has 0 bridgehead atoms. The molecule has 3 aromatic heterocycles. The zero-order valence-electron chi connectivity index (χ0n) is 16.6. The number of likely N-dealkylation sites (tertiary alicyclic amines) is 1. The fourth-order valence-corrected chi connectivity index (χ4v) is 3.92.